The summed E-state index contributed by atoms with van der Waals surface area (Å²) in [7, 11) is -1.09. The second-order valence-corrected chi connectivity index (χ2v) is 11.2. The highest BCUT2D eigenvalue weighted by molar-refractivity contribution is 7.92. The number of methoxy groups -OCH3 is 2. The molecule has 0 saturated heterocycles. The average Bonchev–Trinajstić information content (AvgIpc) is 2.85. The maximum absolute atomic E-state index is 13.7. The first-order valence-electron chi connectivity index (χ1n) is 11.6. The highest BCUT2D eigenvalue weighted by Crippen LogP contribution is 2.34. The summed E-state index contributed by atoms with van der Waals surface area (Å²) >= 11 is 12.7. The van der Waals surface area contributed by atoms with Gasteiger partial charge in [-0.3, -0.25) is 13.9 Å². The number of nitrogens with zero attached hydrogens (tertiary/aromatic N) is 2. The number of hydrogen-bond donors (Lipinski definition) is 1. The Balaban J connectivity index is 2.52. The van der Waals surface area contributed by atoms with Crippen molar-refractivity contribution in [2.24, 2.45) is 0 Å². The molecule has 0 aromatic heterocycles. The molecule has 1 N–H and O–H groups in total. The lowest BCUT2D eigenvalue weighted by Gasteiger charge is -2.32. The van der Waals surface area contributed by atoms with Gasteiger partial charge in [0.05, 0.1) is 26.2 Å². The molecule has 2 aromatic carbocycles. The lowest BCUT2D eigenvalue weighted by molar-refractivity contribution is -0.139. The molecule has 9 nitrogen and oxygen atoms in total. The number of benzene rings is 2. The molecular formula is C25H33Cl2N3O6S. The van der Waals surface area contributed by atoms with Crippen LogP contribution < -0.4 is 19.1 Å². The number of rotatable bonds is 12. The molecule has 0 fully saturated rings. The minimum absolute atomic E-state index is 0.107. The van der Waals surface area contributed by atoms with Crippen LogP contribution in [0.15, 0.2) is 36.4 Å². The third-order valence-electron chi connectivity index (χ3n) is 5.89. The number of ether oxygens (including phenoxy) is 2. The van der Waals surface area contributed by atoms with E-state index in [2.05, 4.69) is 5.32 Å². The molecule has 12 heteroatoms. The zero-order chi connectivity index (χ0) is 27.9. The van der Waals surface area contributed by atoms with Gasteiger partial charge in [-0.2, -0.15) is 0 Å². The van der Waals surface area contributed by atoms with E-state index in [1.165, 1.54) is 31.3 Å². The number of halogens is 2. The second kappa shape index (κ2) is 13.2. The first-order chi connectivity index (χ1) is 17.3. The van der Waals surface area contributed by atoms with Gasteiger partial charge in [-0.05, 0) is 44.5 Å². The molecule has 0 aliphatic rings. The average molecular weight is 575 g/mol. The highest BCUT2D eigenvalue weighted by atomic mass is 35.5. The maximum atomic E-state index is 13.7. The summed E-state index contributed by atoms with van der Waals surface area (Å²) in [6, 6.07) is 8.41. The Labute approximate surface area is 228 Å². The van der Waals surface area contributed by atoms with Gasteiger partial charge in [-0.1, -0.05) is 36.2 Å². The molecule has 2 atom stereocenters. The molecule has 0 aliphatic carbocycles. The van der Waals surface area contributed by atoms with E-state index in [-0.39, 0.29) is 29.9 Å². The van der Waals surface area contributed by atoms with Crippen LogP contribution in [-0.2, 0) is 26.2 Å². The van der Waals surface area contributed by atoms with Crippen LogP contribution in [0.3, 0.4) is 0 Å². The molecular weight excluding hydrogens is 541 g/mol. The van der Waals surface area contributed by atoms with E-state index in [9.17, 15) is 18.0 Å². The van der Waals surface area contributed by atoms with E-state index in [0.29, 0.717) is 27.8 Å². The van der Waals surface area contributed by atoms with Crippen LogP contribution in [0.1, 0.15) is 32.8 Å². The first-order valence-corrected chi connectivity index (χ1v) is 14.2. The van der Waals surface area contributed by atoms with Crippen LogP contribution >= 0.6 is 23.2 Å². The van der Waals surface area contributed by atoms with Crippen LogP contribution in [0.4, 0.5) is 5.69 Å². The van der Waals surface area contributed by atoms with Crippen molar-refractivity contribution in [2.75, 3.05) is 31.3 Å². The fourth-order valence-electron chi connectivity index (χ4n) is 3.49. The number of carbonyl (C=O) groups is 2. The molecule has 2 rings (SSSR count). The Kier molecular flexibility index (Phi) is 10.9. The Bertz CT molecular complexity index is 1200. The minimum atomic E-state index is -3.94. The SMILES string of the molecule is CC[C@@H](C)NC(=O)[C@@H](C)N(Cc1c(Cl)cccc1Cl)C(=O)CN(c1ccc(OC)cc1OC)S(C)(=O)=O. The fourth-order valence-corrected chi connectivity index (χ4v) is 4.86. The van der Waals surface area contributed by atoms with Gasteiger partial charge >= 0.3 is 0 Å². The first kappa shape index (κ1) is 30.5. The molecule has 204 valence electrons. The van der Waals surface area contributed by atoms with Crippen LogP contribution in [0.2, 0.25) is 10.0 Å². The lowest BCUT2D eigenvalue weighted by Crippen LogP contribution is -2.52. The predicted octanol–water partition coefficient (Wildman–Crippen LogP) is 4.11. The van der Waals surface area contributed by atoms with Crippen molar-refractivity contribution in [2.45, 2.75) is 45.8 Å². The van der Waals surface area contributed by atoms with Gasteiger partial charge < -0.3 is 19.7 Å². The van der Waals surface area contributed by atoms with Crippen LogP contribution in [0.25, 0.3) is 0 Å². The molecule has 2 aromatic rings. The van der Waals surface area contributed by atoms with E-state index in [4.69, 9.17) is 32.7 Å². The highest BCUT2D eigenvalue weighted by Gasteiger charge is 2.32. The molecule has 2 amide bonds. The minimum Gasteiger partial charge on any atom is -0.497 e. The van der Waals surface area contributed by atoms with Gasteiger partial charge in [0, 0.05) is 34.3 Å². The zero-order valence-electron chi connectivity index (χ0n) is 21.7. The Morgan fingerprint density at radius 1 is 1.05 bits per heavy atom. The molecule has 0 bridgehead atoms. The van der Waals surface area contributed by atoms with E-state index in [1.54, 1.807) is 31.2 Å². The summed E-state index contributed by atoms with van der Waals surface area (Å²) in [5.74, 6) is -0.378. The topological polar surface area (TPSA) is 105 Å². The van der Waals surface area contributed by atoms with E-state index >= 15 is 0 Å². The maximum Gasteiger partial charge on any atom is 0.244 e. The smallest absolute Gasteiger partial charge is 0.244 e. The van der Waals surface area contributed by atoms with E-state index in [1.807, 2.05) is 13.8 Å². The summed E-state index contributed by atoms with van der Waals surface area (Å²) in [5, 5.41) is 3.49. The second-order valence-electron chi connectivity index (χ2n) is 8.52. The van der Waals surface area contributed by atoms with Crippen molar-refractivity contribution in [1.29, 1.82) is 0 Å². The number of anilines is 1. The summed E-state index contributed by atoms with van der Waals surface area (Å²) in [6.07, 6.45) is 1.68. The van der Waals surface area contributed by atoms with Gasteiger partial charge in [0.2, 0.25) is 21.8 Å². The van der Waals surface area contributed by atoms with E-state index in [0.717, 1.165) is 10.6 Å². The number of sulfonamides is 1. The number of carbonyl (C=O) groups excluding carboxylic acids is 2. The van der Waals surface area contributed by atoms with Gasteiger partial charge in [0.15, 0.2) is 0 Å². The summed E-state index contributed by atoms with van der Waals surface area (Å²) in [6.45, 7) is 4.64. The number of amides is 2. The van der Waals surface area contributed by atoms with Crippen LogP contribution in [0.5, 0.6) is 11.5 Å². The molecule has 0 saturated carbocycles. The third kappa shape index (κ3) is 7.90. The van der Waals surface area contributed by atoms with Crippen LogP contribution in [-0.4, -0.2) is 64.2 Å². The van der Waals surface area contributed by atoms with Crippen molar-refractivity contribution in [3.63, 3.8) is 0 Å². The van der Waals surface area contributed by atoms with Crippen LogP contribution in [0, 0.1) is 0 Å². The quantitative estimate of drug-likeness (QED) is 0.409. The summed E-state index contributed by atoms with van der Waals surface area (Å²) in [4.78, 5) is 28.0. The molecule has 0 radical (unpaired) electrons. The number of nitrogens with one attached hydrogen (secondary N) is 1. The van der Waals surface area contributed by atoms with Crippen molar-refractivity contribution in [3.05, 3.63) is 52.0 Å². The summed E-state index contributed by atoms with van der Waals surface area (Å²) < 4.78 is 37.1. The van der Waals surface area contributed by atoms with Gasteiger partial charge in [0.25, 0.3) is 0 Å². The standard InChI is InChI=1S/C25H33Cl2N3O6S/c1-7-16(2)28-25(32)17(3)29(14-19-20(26)9-8-10-21(19)27)24(31)15-30(37(6,33)34)22-12-11-18(35-4)13-23(22)36-5/h8-13,16-17H,7,14-15H2,1-6H3,(H,28,32)/t16-,17-/m1/s1. The third-order valence-corrected chi connectivity index (χ3v) is 7.73. The number of hydrogen-bond acceptors (Lipinski definition) is 6. The Morgan fingerprint density at radius 2 is 1.68 bits per heavy atom. The zero-order valence-corrected chi connectivity index (χ0v) is 24.1. The van der Waals surface area contributed by atoms with Gasteiger partial charge in [0.1, 0.15) is 24.1 Å². The monoisotopic (exact) mass is 573 g/mol. The fraction of sp³-hybridized carbons (Fsp3) is 0.440. The Hall–Kier alpha value is -2.69. The van der Waals surface area contributed by atoms with Crippen molar-refractivity contribution < 1.29 is 27.5 Å². The molecule has 0 unspecified atom stereocenters. The summed E-state index contributed by atoms with van der Waals surface area (Å²) in [5.41, 5.74) is 0.585. The van der Waals surface area contributed by atoms with Gasteiger partial charge in [-0.15, -0.1) is 0 Å². The largest absolute Gasteiger partial charge is 0.497 e. The molecule has 0 spiro atoms. The molecule has 37 heavy (non-hydrogen) atoms. The molecule has 0 heterocycles. The van der Waals surface area contributed by atoms with E-state index < -0.39 is 28.5 Å². The van der Waals surface area contributed by atoms with Gasteiger partial charge in [-0.25, -0.2) is 8.42 Å². The van der Waals surface area contributed by atoms with Crippen molar-refractivity contribution in [1.82, 2.24) is 10.2 Å². The molecule has 0 aliphatic heterocycles. The van der Waals surface area contributed by atoms with Crippen molar-refractivity contribution in [3.8, 4) is 11.5 Å². The van der Waals surface area contributed by atoms with Crippen molar-refractivity contribution >= 4 is 50.7 Å². The normalized spacial score (nSPS) is 12.9. The lowest BCUT2D eigenvalue weighted by atomic mass is 10.1. The predicted molar refractivity (Wildman–Crippen MR) is 146 cm³/mol. The Morgan fingerprint density at radius 3 is 2.19 bits per heavy atom.